The Bertz CT molecular complexity index is 839. The fourth-order valence-electron chi connectivity index (χ4n) is 3.21. The van der Waals surface area contributed by atoms with Crippen LogP contribution in [0.3, 0.4) is 0 Å². The van der Waals surface area contributed by atoms with Gasteiger partial charge < -0.3 is 15.0 Å². The maximum Gasteiger partial charge on any atom is 0.243 e. The first-order valence-electron chi connectivity index (χ1n) is 10.3. The fourth-order valence-corrected chi connectivity index (χ4v) is 3.21. The first kappa shape index (κ1) is 23.4. The van der Waals surface area contributed by atoms with Gasteiger partial charge in [0.1, 0.15) is 17.6 Å². The molecule has 0 bridgehead atoms. The van der Waals surface area contributed by atoms with Crippen molar-refractivity contribution in [1.82, 2.24) is 10.2 Å². The van der Waals surface area contributed by atoms with E-state index >= 15 is 0 Å². The minimum absolute atomic E-state index is 0.0254. The molecule has 1 N–H and O–H groups in total. The molecule has 2 rings (SSSR count). The van der Waals surface area contributed by atoms with Crippen LogP contribution in [0.4, 0.5) is 4.39 Å². The molecule has 0 aliphatic heterocycles. The summed E-state index contributed by atoms with van der Waals surface area (Å²) in [6, 6.07) is 12.7. The third-order valence-electron chi connectivity index (χ3n) is 5.14. The lowest BCUT2D eigenvalue weighted by atomic mass is 10.1. The van der Waals surface area contributed by atoms with E-state index in [0.717, 1.165) is 12.0 Å². The molecule has 0 unspecified atom stereocenters. The molecule has 0 spiro atoms. The fraction of sp³-hybridized carbons (Fsp3) is 0.417. The largest absolute Gasteiger partial charge is 0.497 e. The topological polar surface area (TPSA) is 58.6 Å². The number of amides is 2. The van der Waals surface area contributed by atoms with E-state index in [4.69, 9.17) is 4.74 Å². The first-order chi connectivity index (χ1) is 14.4. The standard InChI is InChI=1S/C24H31FN2O3/c1-5-17(3)26-24(29)22(6-2)27(16-19-8-7-9-21(14-19)30-4)23(28)15-18-10-12-20(25)13-11-18/h7-14,17,22H,5-6,15-16H2,1-4H3,(H,26,29)/t17-,22-/m1/s1. The molecule has 162 valence electrons. The summed E-state index contributed by atoms with van der Waals surface area (Å²) in [4.78, 5) is 27.8. The molecule has 0 saturated heterocycles. The van der Waals surface area contributed by atoms with E-state index in [2.05, 4.69) is 5.32 Å². The molecule has 2 atom stereocenters. The SMILES string of the molecule is CC[C@@H](C)NC(=O)[C@@H](CC)N(Cc1cccc(OC)c1)C(=O)Cc1ccc(F)cc1. The lowest BCUT2D eigenvalue weighted by molar-refractivity contribution is -0.141. The highest BCUT2D eigenvalue weighted by atomic mass is 19.1. The molecule has 0 radical (unpaired) electrons. The van der Waals surface area contributed by atoms with Crippen molar-refractivity contribution in [1.29, 1.82) is 0 Å². The molecule has 2 aromatic carbocycles. The summed E-state index contributed by atoms with van der Waals surface area (Å²) in [6.45, 7) is 6.12. The zero-order chi connectivity index (χ0) is 22.1. The number of nitrogens with one attached hydrogen (secondary N) is 1. The number of hydrogen-bond donors (Lipinski definition) is 1. The lowest BCUT2D eigenvalue weighted by Gasteiger charge is -2.31. The Hall–Kier alpha value is -2.89. The third-order valence-corrected chi connectivity index (χ3v) is 5.14. The van der Waals surface area contributed by atoms with Crippen molar-refractivity contribution in [3.05, 3.63) is 65.5 Å². The molecule has 0 fully saturated rings. The molecule has 0 heterocycles. The monoisotopic (exact) mass is 414 g/mol. The van der Waals surface area contributed by atoms with E-state index in [9.17, 15) is 14.0 Å². The van der Waals surface area contributed by atoms with Crippen LogP contribution in [0.2, 0.25) is 0 Å². The molecule has 0 saturated carbocycles. The molecular formula is C24H31FN2O3. The molecule has 2 amide bonds. The van der Waals surface area contributed by atoms with Crippen LogP contribution in [-0.4, -0.2) is 35.9 Å². The van der Waals surface area contributed by atoms with Crippen LogP contribution in [0, 0.1) is 5.82 Å². The predicted octanol–water partition coefficient (Wildman–Crippen LogP) is 4.10. The number of nitrogens with zero attached hydrogens (tertiary/aromatic N) is 1. The highest BCUT2D eigenvalue weighted by Crippen LogP contribution is 2.18. The molecule has 0 aromatic heterocycles. The van der Waals surface area contributed by atoms with Crippen molar-refractivity contribution in [2.45, 2.75) is 58.7 Å². The highest BCUT2D eigenvalue weighted by Gasteiger charge is 2.29. The minimum atomic E-state index is -0.599. The zero-order valence-corrected chi connectivity index (χ0v) is 18.2. The van der Waals surface area contributed by atoms with Crippen LogP contribution in [-0.2, 0) is 22.6 Å². The Kier molecular flexibility index (Phi) is 8.84. The van der Waals surface area contributed by atoms with Gasteiger partial charge in [0.2, 0.25) is 11.8 Å². The van der Waals surface area contributed by atoms with Gasteiger partial charge in [-0.1, -0.05) is 38.1 Å². The number of carbonyl (C=O) groups excluding carboxylic acids is 2. The number of halogens is 1. The maximum absolute atomic E-state index is 13.2. The van der Waals surface area contributed by atoms with Gasteiger partial charge in [-0.25, -0.2) is 4.39 Å². The number of methoxy groups -OCH3 is 1. The van der Waals surface area contributed by atoms with Gasteiger partial charge in [-0.3, -0.25) is 9.59 Å². The Labute approximate surface area is 178 Å². The van der Waals surface area contributed by atoms with Gasteiger partial charge in [0.05, 0.1) is 13.5 Å². The normalized spacial score (nSPS) is 12.7. The van der Waals surface area contributed by atoms with Crippen LogP contribution in [0.25, 0.3) is 0 Å². The summed E-state index contributed by atoms with van der Waals surface area (Å²) in [5.74, 6) is -0.00729. The van der Waals surface area contributed by atoms with Gasteiger partial charge in [0, 0.05) is 12.6 Å². The lowest BCUT2D eigenvalue weighted by Crippen LogP contribution is -2.51. The van der Waals surface area contributed by atoms with Crippen LogP contribution < -0.4 is 10.1 Å². The molecular weight excluding hydrogens is 383 g/mol. The number of carbonyl (C=O) groups is 2. The predicted molar refractivity (Wildman–Crippen MR) is 116 cm³/mol. The molecule has 6 heteroatoms. The summed E-state index contributed by atoms with van der Waals surface area (Å²) in [6.07, 6.45) is 1.39. The van der Waals surface area contributed by atoms with E-state index < -0.39 is 6.04 Å². The van der Waals surface area contributed by atoms with E-state index in [1.54, 1.807) is 24.1 Å². The van der Waals surface area contributed by atoms with Gasteiger partial charge in [-0.05, 0) is 55.2 Å². The maximum atomic E-state index is 13.2. The first-order valence-corrected chi connectivity index (χ1v) is 10.3. The van der Waals surface area contributed by atoms with Crippen LogP contribution >= 0.6 is 0 Å². The Morgan fingerprint density at radius 2 is 1.77 bits per heavy atom. The summed E-state index contributed by atoms with van der Waals surface area (Å²) in [5, 5.41) is 2.99. The van der Waals surface area contributed by atoms with Crippen molar-refractivity contribution in [3.63, 3.8) is 0 Å². The van der Waals surface area contributed by atoms with Gasteiger partial charge in [0.25, 0.3) is 0 Å². The quantitative estimate of drug-likeness (QED) is 0.637. The molecule has 2 aromatic rings. The Balaban J connectivity index is 2.30. The highest BCUT2D eigenvalue weighted by molar-refractivity contribution is 5.88. The van der Waals surface area contributed by atoms with Crippen LogP contribution in [0.1, 0.15) is 44.7 Å². The number of benzene rings is 2. The van der Waals surface area contributed by atoms with Gasteiger partial charge in [-0.2, -0.15) is 0 Å². The number of rotatable bonds is 10. The number of hydrogen-bond acceptors (Lipinski definition) is 3. The third kappa shape index (κ3) is 6.58. The molecule has 0 aliphatic rings. The average molecular weight is 415 g/mol. The van der Waals surface area contributed by atoms with Crippen molar-refractivity contribution >= 4 is 11.8 Å². The smallest absolute Gasteiger partial charge is 0.243 e. The summed E-state index contributed by atoms with van der Waals surface area (Å²) in [7, 11) is 1.59. The van der Waals surface area contributed by atoms with E-state index in [1.165, 1.54) is 12.1 Å². The van der Waals surface area contributed by atoms with Gasteiger partial charge in [-0.15, -0.1) is 0 Å². The summed E-state index contributed by atoms with van der Waals surface area (Å²) >= 11 is 0. The van der Waals surface area contributed by atoms with Gasteiger partial charge >= 0.3 is 0 Å². The van der Waals surface area contributed by atoms with Crippen molar-refractivity contribution in [3.8, 4) is 5.75 Å². The molecule has 5 nitrogen and oxygen atoms in total. The minimum Gasteiger partial charge on any atom is -0.497 e. The van der Waals surface area contributed by atoms with E-state index in [1.807, 2.05) is 45.0 Å². The van der Waals surface area contributed by atoms with Crippen molar-refractivity contribution in [2.24, 2.45) is 0 Å². The summed E-state index contributed by atoms with van der Waals surface area (Å²) in [5.41, 5.74) is 1.57. The van der Waals surface area contributed by atoms with Crippen molar-refractivity contribution in [2.75, 3.05) is 7.11 Å². The summed E-state index contributed by atoms with van der Waals surface area (Å²) < 4.78 is 18.5. The van der Waals surface area contributed by atoms with Crippen LogP contribution in [0.5, 0.6) is 5.75 Å². The van der Waals surface area contributed by atoms with Gasteiger partial charge in [0.15, 0.2) is 0 Å². The average Bonchev–Trinajstić information content (AvgIpc) is 2.75. The van der Waals surface area contributed by atoms with E-state index in [0.29, 0.717) is 17.7 Å². The second-order valence-electron chi connectivity index (χ2n) is 7.42. The van der Waals surface area contributed by atoms with Crippen molar-refractivity contribution < 1.29 is 18.7 Å². The van der Waals surface area contributed by atoms with E-state index in [-0.39, 0.29) is 36.6 Å². The second kappa shape index (κ2) is 11.3. The Morgan fingerprint density at radius 1 is 1.07 bits per heavy atom. The Morgan fingerprint density at radius 3 is 2.37 bits per heavy atom. The molecule has 30 heavy (non-hydrogen) atoms. The second-order valence-corrected chi connectivity index (χ2v) is 7.42. The zero-order valence-electron chi connectivity index (χ0n) is 18.2. The number of ether oxygens (including phenoxy) is 1. The molecule has 0 aliphatic carbocycles. The van der Waals surface area contributed by atoms with Crippen LogP contribution in [0.15, 0.2) is 48.5 Å².